The molecule has 1 aliphatic heterocycles. The molecule has 0 atom stereocenters. The van der Waals surface area contributed by atoms with Gasteiger partial charge in [0.25, 0.3) is 10.0 Å². The van der Waals surface area contributed by atoms with Crippen LogP contribution in [-0.4, -0.2) is 30.8 Å². The summed E-state index contributed by atoms with van der Waals surface area (Å²) in [7, 11) is -3.31. The Morgan fingerprint density at radius 1 is 1.14 bits per heavy atom. The zero-order valence-corrected chi connectivity index (χ0v) is 15.4. The number of piperidine rings is 1. The number of thiazole rings is 1. The van der Waals surface area contributed by atoms with Crippen LogP contribution in [0.1, 0.15) is 39.2 Å². The molecule has 7 heteroatoms. The maximum atomic E-state index is 12.6. The minimum atomic E-state index is -3.31. The second kappa shape index (κ2) is 6.03. The van der Waals surface area contributed by atoms with Gasteiger partial charge in [-0.25, -0.2) is 13.4 Å². The van der Waals surface area contributed by atoms with Crippen molar-refractivity contribution < 1.29 is 8.42 Å². The lowest BCUT2D eigenvalue weighted by Crippen LogP contribution is -2.37. The molecule has 3 heterocycles. The average molecular weight is 357 g/mol. The molecule has 0 unspecified atom stereocenters. The van der Waals surface area contributed by atoms with Gasteiger partial charge in [-0.2, -0.15) is 4.31 Å². The zero-order valence-electron chi connectivity index (χ0n) is 13.0. The van der Waals surface area contributed by atoms with E-state index in [9.17, 15) is 8.42 Å². The third-order valence-corrected chi connectivity index (χ3v) is 8.76. The largest absolute Gasteiger partial charge is 0.252 e. The molecule has 2 aromatic heterocycles. The Morgan fingerprint density at radius 3 is 2.32 bits per heavy atom. The number of aromatic nitrogens is 1. The average Bonchev–Trinajstić information content (AvgIpc) is 3.06. The third kappa shape index (κ3) is 2.99. The van der Waals surface area contributed by atoms with Gasteiger partial charge in [-0.15, -0.1) is 22.7 Å². The van der Waals surface area contributed by atoms with E-state index in [1.54, 1.807) is 21.7 Å². The Morgan fingerprint density at radius 2 is 1.82 bits per heavy atom. The van der Waals surface area contributed by atoms with Gasteiger partial charge in [0.1, 0.15) is 4.21 Å². The molecular formula is C15H20N2O2S3. The summed E-state index contributed by atoms with van der Waals surface area (Å²) in [6, 6.07) is 3.58. The van der Waals surface area contributed by atoms with Crippen LogP contribution in [0, 0.1) is 20.8 Å². The fourth-order valence-corrected chi connectivity index (χ4v) is 6.69. The van der Waals surface area contributed by atoms with E-state index in [1.807, 2.05) is 19.9 Å². The molecule has 0 bridgehead atoms. The molecular weight excluding hydrogens is 336 g/mol. The molecule has 3 rings (SSSR count). The summed E-state index contributed by atoms with van der Waals surface area (Å²) in [4.78, 5) is 6.93. The molecule has 0 spiro atoms. The normalized spacial score (nSPS) is 18.0. The predicted molar refractivity (Wildman–Crippen MR) is 91.4 cm³/mol. The van der Waals surface area contributed by atoms with Gasteiger partial charge < -0.3 is 0 Å². The van der Waals surface area contributed by atoms with E-state index < -0.39 is 10.0 Å². The minimum absolute atomic E-state index is 0.397. The third-order valence-electron chi connectivity index (χ3n) is 4.16. The second-order valence-electron chi connectivity index (χ2n) is 5.74. The summed E-state index contributed by atoms with van der Waals surface area (Å²) >= 11 is 3.10. The van der Waals surface area contributed by atoms with E-state index in [0.29, 0.717) is 23.2 Å². The van der Waals surface area contributed by atoms with Gasteiger partial charge in [-0.05, 0) is 45.7 Å². The summed E-state index contributed by atoms with van der Waals surface area (Å²) < 4.78 is 27.3. The summed E-state index contributed by atoms with van der Waals surface area (Å²) in [6.07, 6.45) is 1.71. The molecule has 1 fully saturated rings. The van der Waals surface area contributed by atoms with E-state index in [1.165, 1.54) is 21.2 Å². The van der Waals surface area contributed by atoms with E-state index >= 15 is 0 Å². The Kier molecular flexibility index (Phi) is 4.42. The summed E-state index contributed by atoms with van der Waals surface area (Å²) in [5, 5.41) is 1.17. The van der Waals surface area contributed by atoms with Crippen LogP contribution in [0.25, 0.3) is 0 Å². The van der Waals surface area contributed by atoms with Gasteiger partial charge >= 0.3 is 0 Å². The first-order valence-electron chi connectivity index (χ1n) is 7.38. The van der Waals surface area contributed by atoms with Gasteiger partial charge in [-0.3, -0.25) is 0 Å². The molecule has 2 aromatic rings. The fraction of sp³-hybridized carbons (Fsp3) is 0.533. The van der Waals surface area contributed by atoms with E-state index in [0.717, 1.165) is 23.4 Å². The highest BCUT2D eigenvalue weighted by atomic mass is 32.2. The summed E-state index contributed by atoms with van der Waals surface area (Å²) in [5.74, 6) is 0.397. The quantitative estimate of drug-likeness (QED) is 0.842. The van der Waals surface area contributed by atoms with Crippen LogP contribution < -0.4 is 0 Å². The van der Waals surface area contributed by atoms with Crippen molar-refractivity contribution in [1.29, 1.82) is 0 Å². The van der Waals surface area contributed by atoms with Crippen molar-refractivity contribution in [2.75, 3.05) is 13.1 Å². The molecule has 4 nitrogen and oxygen atoms in total. The topological polar surface area (TPSA) is 50.3 Å². The maximum Gasteiger partial charge on any atom is 0.252 e. The van der Waals surface area contributed by atoms with E-state index in [-0.39, 0.29) is 0 Å². The Labute approximate surface area is 139 Å². The first-order chi connectivity index (χ1) is 10.4. The van der Waals surface area contributed by atoms with Crippen molar-refractivity contribution in [3.8, 4) is 0 Å². The molecule has 0 N–H and O–H groups in total. The van der Waals surface area contributed by atoms with Crippen molar-refractivity contribution in [3.63, 3.8) is 0 Å². The van der Waals surface area contributed by atoms with Crippen LogP contribution in [0.2, 0.25) is 0 Å². The Bertz CT molecular complexity index is 749. The number of thiophene rings is 1. The standard InChI is InChI=1S/C15H20N2O2S3/c1-10-4-5-14(20-10)22(18,19)17-8-6-13(7-9-17)15-16-11(2)12(3)21-15/h4-5,13H,6-9H2,1-3H3. The number of aryl methyl sites for hydroxylation is 3. The lowest BCUT2D eigenvalue weighted by Gasteiger charge is -2.29. The molecule has 0 amide bonds. The van der Waals surface area contributed by atoms with Crippen LogP contribution in [0.3, 0.4) is 0 Å². The summed E-state index contributed by atoms with van der Waals surface area (Å²) in [5.41, 5.74) is 1.10. The molecule has 22 heavy (non-hydrogen) atoms. The predicted octanol–water partition coefficient (Wildman–Crippen LogP) is 3.70. The molecule has 120 valence electrons. The van der Waals surface area contributed by atoms with Gasteiger partial charge in [-0.1, -0.05) is 0 Å². The first kappa shape index (κ1) is 16.1. The second-order valence-corrected chi connectivity index (χ2v) is 10.4. The first-order valence-corrected chi connectivity index (χ1v) is 10.5. The molecule has 1 saturated heterocycles. The number of hydrogen-bond acceptors (Lipinski definition) is 5. The van der Waals surface area contributed by atoms with E-state index in [4.69, 9.17) is 0 Å². The zero-order chi connectivity index (χ0) is 15.9. The van der Waals surface area contributed by atoms with Crippen molar-refractivity contribution in [3.05, 3.63) is 32.6 Å². The number of nitrogens with zero attached hydrogens (tertiary/aromatic N) is 2. The molecule has 0 radical (unpaired) electrons. The SMILES string of the molecule is Cc1ccc(S(=O)(=O)N2CCC(c3nc(C)c(C)s3)CC2)s1. The highest BCUT2D eigenvalue weighted by Gasteiger charge is 2.31. The highest BCUT2D eigenvalue weighted by Crippen LogP contribution is 2.34. The molecule has 0 aliphatic carbocycles. The number of sulfonamides is 1. The molecule has 0 aromatic carbocycles. The van der Waals surface area contributed by atoms with Gasteiger partial charge in [0, 0.05) is 28.8 Å². The number of hydrogen-bond donors (Lipinski definition) is 0. The summed E-state index contributed by atoms with van der Waals surface area (Å²) in [6.45, 7) is 7.23. The fourth-order valence-electron chi connectivity index (χ4n) is 2.69. The van der Waals surface area contributed by atoms with Crippen molar-refractivity contribution >= 4 is 32.7 Å². The smallest absolute Gasteiger partial charge is 0.246 e. The van der Waals surface area contributed by atoms with Crippen LogP contribution in [0.5, 0.6) is 0 Å². The number of rotatable bonds is 3. The van der Waals surface area contributed by atoms with Crippen LogP contribution >= 0.6 is 22.7 Å². The van der Waals surface area contributed by atoms with Crippen LogP contribution in [-0.2, 0) is 10.0 Å². The maximum absolute atomic E-state index is 12.6. The Hall–Kier alpha value is -0.760. The van der Waals surface area contributed by atoms with Crippen molar-refractivity contribution in [2.45, 2.75) is 43.7 Å². The minimum Gasteiger partial charge on any atom is -0.246 e. The molecule has 0 saturated carbocycles. The van der Waals surface area contributed by atoms with Gasteiger partial charge in [0.15, 0.2) is 0 Å². The van der Waals surface area contributed by atoms with Crippen molar-refractivity contribution in [2.24, 2.45) is 0 Å². The highest BCUT2D eigenvalue weighted by molar-refractivity contribution is 7.91. The van der Waals surface area contributed by atoms with Crippen LogP contribution in [0.4, 0.5) is 0 Å². The monoisotopic (exact) mass is 356 g/mol. The van der Waals surface area contributed by atoms with Crippen LogP contribution in [0.15, 0.2) is 16.3 Å². The lowest BCUT2D eigenvalue weighted by molar-refractivity contribution is 0.319. The lowest BCUT2D eigenvalue weighted by atomic mass is 9.99. The van der Waals surface area contributed by atoms with Crippen molar-refractivity contribution in [1.82, 2.24) is 9.29 Å². The van der Waals surface area contributed by atoms with Gasteiger partial charge in [0.05, 0.1) is 10.7 Å². The Balaban J connectivity index is 1.71. The van der Waals surface area contributed by atoms with Gasteiger partial charge in [0.2, 0.25) is 0 Å². The molecule has 1 aliphatic rings. The van der Waals surface area contributed by atoms with E-state index in [2.05, 4.69) is 11.9 Å².